The van der Waals surface area contributed by atoms with Crippen molar-refractivity contribution in [2.75, 3.05) is 11.8 Å². The molecule has 0 spiro atoms. The molecule has 0 fully saturated rings. The summed E-state index contributed by atoms with van der Waals surface area (Å²) in [5.74, 6) is 0. The molecule has 0 radical (unpaired) electrons. The Bertz CT molecular complexity index is 896. The van der Waals surface area contributed by atoms with Crippen molar-refractivity contribution in [2.24, 2.45) is 0 Å². The molecule has 0 heterocycles. The second-order valence-electron chi connectivity index (χ2n) is 4.30. The van der Waals surface area contributed by atoms with Gasteiger partial charge in [-0.15, -0.1) is 0 Å². The lowest BCUT2D eigenvalue weighted by Gasteiger charge is -2.10. The molecule has 22 heavy (non-hydrogen) atoms. The predicted octanol–water partition coefficient (Wildman–Crippen LogP) is 2.05. The number of nitrogens with one attached hydrogen (secondary N) is 2. The molecule has 2 N–H and O–H groups in total. The van der Waals surface area contributed by atoms with Crippen molar-refractivity contribution in [2.45, 2.75) is 9.79 Å². The van der Waals surface area contributed by atoms with E-state index in [0.717, 1.165) is 6.07 Å². The summed E-state index contributed by atoms with van der Waals surface area (Å²) in [4.78, 5) is -0.298. The van der Waals surface area contributed by atoms with Crippen LogP contribution >= 0.6 is 11.6 Å². The number of rotatable bonds is 5. The van der Waals surface area contributed by atoms with Gasteiger partial charge in [0.1, 0.15) is 0 Å². The molecule has 0 aromatic heterocycles. The Kier molecular flexibility index (Phi) is 4.76. The average molecular weight is 361 g/mol. The minimum absolute atomic E-state index is 0.135. The number of benzene rings is 2. The first-order chi connectivity index (χ1) is 10.2. The highest BCUT2D eigenvalue weighted by molar-refractivity contribution is 7.93. The van der Waals surface area contributed by atoms with E-state index in [1.165, 1.54) is 37.4 Å². The molecule has 0 saturated carbocycles. The fourth-order valence-electron chi connectivity index (χ4n) is 1.69. The van der Waals surface area contributed by atoms with Crippen molar-refractivity contribution in [3.8, 4) is 0 Å². The standard InChI is InChI=1S/C13H13ClN2O4S2/c1-15-21(17,18)12-6-3-7-13(9-12)22(19,20)16-11-5-2-4-10(14)8-11/h2-9,15-16H,1H3. The zero-order valence-electron chi connectivity index (χ0n) is 11.4. The van der Waals surface area contributed by atoms with Gasteiger partial charge >= 0.3 is 0 Å². The van der Waals surface area contributed by atoms with Gasteiger partial charge in [0, 0.05) is 5.02 Å². The van der Waals surface area contributed by atoms with Gasteiger partial charge in [-0.05, 0) is 43.4 Å². The minimum atomic E-state index is -3.92. The molecule has 2 aromatic rings. The van der Waals surface area contributed by atoms with Crippen LogP contribution in [0.2, 0.25) is 5.02 Å². The Balaban J connectivity index is 2.40. The van der Waals surface area contributed by atoms with E-state index in [1.54, 1.807) is 12.1 Å². The summed E-state index contributed by atoms with van der Waals surface area (Å²) in [6, 6.07) is 11.3. The van der Waals surface area contributed by atoms with Gasteiger partial charge in [-0.3, -0.25) is 4.72 Å². The summed E-state index contributed by atoms with van der Waals surface area (Å²) >= 11 is 5.80. The van der Waals surface area contributed by atoms with Gasteiger partial charge in [-0.1, -0.05) is 23.7 Å². The molecule has 0 aliphatic rings. The van der Waals surface area contributed by atoms with Crippen molar-refractivity contribution in [1.29, 1.82) is 0 Å². The maximum absolute atomic E-state index is 12.3. The van der Waals surface area contributed by atoms with Crippen molar-refractivity contribution in [3.05, 3.63) is 53.6 Å². The quantitative estimate of drug-likeness (QED) is 0.853. The van der Waals surface area contributed by atoms with Crippen LogP contribution in [0.3, 0.4) is 0 Å². The lowest BCUT2D eigenvalue weighted by atomic mass is 10.3. The Morgan fingerprint density at radius 1 is 0.864 bits per heavy atom. The lowest BCUT2D eigenvalue weighted by Crippen LogP contribution is -2.19. The molecule has 0 amide bonds. The number of halogens is 1. The smallest absolute Gasteiger partial charge is 0.261 e. The molecule has 0 aliphatic heterocycles. The summed E-state index contributed by atoms with van der Waals surface area (Å²) in [7, 11) is -6.40. The van der Waals surface area contributed by atoms with Crippen LogP contribution in [-0.4, -0.2) is 23.9 Å². The Hall–Kier alpha value is -1.61. The van der Waals surface area contributed by atoms with Crippen LogP contribution in [0, 0.1) is 0 Å². The maximum atomic E-state index is 12.3. The van der Waals surface area contributed by atoms with Gasteiger partial charge in [0.25, 0.3) is 10.0 Å². The van der Waals surface area contributed by atoms with Crippen LogP contribution in [0.25, 0.3) is 0 Å². The molecule has 118 valence electrons. The van der Waals surface area contributed by atoms with Gasteiger partial charge in [-0.25, -0.2) is 21.6 Å². The largest absolute Gasteiger partial charge is 0.280 e. The van der Waals surface area contributed by atoms with Gasteiger partial charge in [0.2, 0.25) is 10.0 Å². The van der Waals surface area contributed by atoms with E-state index >= 15 is 0 Å². The molecular weight excluding hydrogens is 348 g/mol. The Morgan fingerprint density at radius 2 is 1.45 bits per heavy atom. The average Bonchev–Trinajstić information content (AvgIpc) is 2.47. The van der Waals surface area contributed by atoms with Crippen molar-refractivity contribution in [3.63, 3.8) is 0 Å². The fraction of sp³-hybridized carbons (Fsp3) is 0.0769. The van der Waals surface area contributed by atoms with Crippen molar-refractivity contribution >= 4 is 37.3 Å². The third-order valence-electron chi connectivity index (χ3n) is 2.77. The summed E-state index contributed by atoms with van der Waals surface area (Å²) in [6.07, 6.45) is 0. The minimum Gasteiger partial charge on any atom is -0.280 e. The summed E-state index contributed by atoms with van der Waals surface area (Å²) < 4.78 is 52.6. The van der Waals surface area contributed by atoms with E-state index in [0.29, 0.717) is 5.02 Å². The third-order valence-corrected chi connectivity index (χ3v) is 5.80. The van der Waals surface area contributed by atoms with Crippen LogP contribution in [0.4, 0.5) is 5.69 Å². The molecule has 0 saturated heterocycles. The highest BCUT2D eigenvalue weighted by Crippen LogP contribution is 2.21. The second-order valence-corrected chi connectivity index (χ2v) is 8.30. The fourth-order valence-corrected chi connectivity index (χ4v) is 3.83. The van der Waals surface area contributed by atoms with Gasteiger partial charge in [0.15, 0.2) is 0 Å². The normalized spacial score (nSPS) is 12.1. The van der Waals surface area contributed by atoms with Crippen LogP contribution in [0.1, 0.15) is 0 Å². The van der Waals surface area contributed by atoms with E-state index in [9.17, 15) is 16.8 Å². The molecule has 0 bridgehead atoms. The first-order valence-electron chi connectivity index (χ1n) is 6.06. The molecule has 0 aliphatic carbocycles. The summed E-state index contributed by atoms with van der Waals surface area (Å²) in [5, 5.41) is 0.381. The monoisotopic (exact) mass is 360 g/mol. The van der Waals surface area contributed by atoms with E-state index in [-0.39, 0.29) is 15.5 Å². The highest BCUT2D eigenvalue weighted by Gasteiger charge is 2.18. The van der Waals surface area contributed by atoms with Crippen LogP contribution in [0.5, 0.6) is 0 Å². The lowest BCUT2D eigenvalue weighted by molar-refractivity contribution is 0.588. The van der Waals surface area contributed by atoms with E-state index in [2.05, 4.69) is 9.44 Å². The topological polar surface area (TPSA) is 92.3 Å². The highest BCUT2D eigenvalue weighted by atomic mass is 35.5. The SMILES string of the molecule is CNS(=O)(=O)c1cccc(S(=O)(=O)Nc2cccc(Cl)c2)c1. The third kappa shape index (κ3) is 3.77. The molecule has 6 nitrogen and oxygen atoms in total. The maximum Gasteiger partial charge on any atom is 0.261 e. The number of hydrogen-bond donors (Lipinski definition) is 2. The number of sulfonamides is 2. The van der Waals surface area contributed by atoms with Gasteiger partial charge in [-0.2, -0.15) is 0 Å². The van der Waals surface area contributed by atoms with Gasteiger partial charge < -0.3 is 0 Å². The van der Waals surface area contributed by atoms with E-state index in [1.807, 2.05) is 0 Å². The van der Waals surface area contributed by atoms with Crippen LogP contribution < -0.4 is 9.44 Å². The van der Waals surface area contributed by atoms with Crippen LogP contribution in [0.15, 0.2) is 58.3 Å². The second kappa shape index (κ2) is 6.25. The Morgan fingerprint density at radius 3 is 2.05 bits per heavy atom. The zero-order chi connectivity index (χ0) is 16.4. The molecule has 9 heteroatoms. The summed E-state index contributed by atoms with van der Waals surface area (Å²) in [6.45, 7) is 0. The first kappa shape index (κ1) is 16.8. The molecule has 2 aromatic carbocycles. The van der Waals surface area contributed by atoms with E-state index in [4.69, 9.17) is 11.6 Å². The van der Waals surface area contributed by atoms with Gasteiger partial charge in [0.05, 0.1) is 15.5 Å². The molecular formula is C13H13ClN2O4S2. The summed E-state index contributed by atoms with van der Waals surface area (Å²) in [5.41, 5.74) is 0.286. The van der Waals surface area contributed by atoms with Crippen molar-refractivity contribution < 1.29 is 16.8 Å². The molecule has 0 unspecified atom stereocenters. The molecule has 0 atom stereocenters. The zero-order valence-corrected chi connectivity index (χ0v) is 13.8. The van der Waals surface area contributed by atoms with Crippen molar-refractivity contribution in [1.82, 2.24) is 4.72 Å². The number of hydrogen-bond acceptors (Lipinski definition) is 4. The van der Waals surface area contributed by atoms with Crippen LogP contribution in [-0.2, 0) is 20.0 Å². The number of anilines is 1. The Labute approximate surface area is 134 Å². The predicted molar refractivity (Wildman–Crippen MR) is 84.9 cm³/mol. The molecule has 2 rings (SSSR count). The van der Waals surface area contributed by atoms with E-state index < -0.39 is 20.0 Å². The first-order valence-corrected chi connectivity index (χ1v) is 9.41.